The number of nitrogens with zero attached hydrogens (tertiary/aromatic N) is 1. The van der Waals surface area contributed by atoms with Crippen LogP contribution in [0.5, 0.6) is 0 Å². The molecule has 2 aromatic rings. The second kappa shape index (κ2) is 7.43. The van der Waals surface area contributed by atoms with Crippen molar-refractivity contribution in [1.82, 2.24) is 9.29 Å². The van der Waals surface area contributed by atoms with E-state index in [4.69, 9.17) is 4.74 Å². The smallest absolute Gasteiger partial charge is 0.354 e. The lowest BCUT2D eigenvalue weighted by Crippen LogP contribution is -2.40. The number of nitrogens with one attached hydrogen (secondary N) is 1. The van der Waals surface area contributed by atoms with Gasteiger partial charge in [-0.05, 0) is 38.5 Å². The van der Waals surface area contributed by atoms with E-state index in [-0.39, 0.29) is 10.6 Å². The third kappa shape index (κ3) is 3.42. The van der Waals surface area contributed by atoms with Crippen molar-refractivity contribution in [3.8, 4) is 0 Å². The molecule has 1 N–H and O–H groups in total. The van der Waals surface area contributed by atoms with E-state index in [0.717, 1.165) is 4.31 Å². The molecule has 0 bridgehead atoms. The maximum absolute atomic E-state index is 13.0. The highest BCUT2D eigenvalue weighted by atomic mass is 32.2. The summed E-state index contributed by atoms with van der Waals surface area (Å²) >= 11 is 0. The number of aromatic amines is 1. The van der Waals surface area contributed by atoms with Crippen LogP contribution in [0.4, 0.5) is 0 Å². The molecule has 0 saturated carbocycles. The summed E-state index contributed by atoms with van der Waals surface area (Å²) in [5.74, 6) is -0.976. The number of ketones is 1. The van der Waals surface area contributed by atoms with Gasteiger partial charge in [0.1, 0.15) is 5.69 Å². The van der Waals surface area contributed by atoms with E-state index >= 15 is 0 Å². The van der Waals surface area contributed by atoms with Crippen LogP contribution in [0.3, 0.4) is 0 Å². The van der Waals surface area contributed by atoms with Gasteiger partial charge in [-0.1, -0.05) is 18.2 Å². The van der Waals surface area contributed by atoms with Crippen LogP contribution in [-0.4, -0.2) is 49.7 Å². The highest BCUT2D eigenvalue weighted by Gasteiger charge is 2.33. The van der Waals surface area contributed by atoms with Crippen molar-refractivity contribution in [2.75, 3.05) is 14.2 Å². The van der Waals surface area contributed by atoms with E-state index < -0.39 is 27.8 Å². The molecule has 0 radical (unpaired) electrons. The predicted octanol–water partition coefficient (Wildman–Crippen LogP) is 2.31. The molecule has 140 valence electrons. The summed E-state index contributed by atoms with van der Waals surface area (Å²) in [6.45, 7) is 4.80. The van der Waals surface area contributed by atoms with Gasteiger partial charge in [-0.3, -0.25) is 4.79 Å². The SMILES string of the molecule is COC(=O)c1[nH]c(C)c(C(=O)C(C)N(C)S(=O)(=O)c2ccccc2)c1C. The van der Waals surface area contributed by atoms with Gasteiger partial charge in [0.05, 0.1) is 18.0 Å². The Hall–Kier alpha value is -2.45. The summed E-state index contributed by atoms with van der Waals surface area (Å²) in [6.07, 6.45) is 0. The van der Waals surface area contributed by atoms with Crippen LogP contribution in [0.1, 0.15) is 39.0 Å². The molecule has 2 rings (SSSR count). The molecular weight excluding hydrogens is 356 g/mol. The predicted molar refractivity (Wildman–Crippen MR) is 96.8 cm³/mol. The van der Waals surface area contributed by atoms with Gasteiger partial charge >= 0.3 is 5.97 Å². The van der Waals surface area contributed by atoms with Crippen LogP contribution in [0.15, 0.2) is 35.2 Å². The van der Waals surface area contributed by atoms with Crippen molar-refractivity contribution < 1.29 is 22.7 Å². The highest BCUT2D eigenvalue weighted by Crippen LogP contribution is 2.24. The molecule has 0 amide bonds. The van der Waals surface area contributed by atoms with Crippen molar-refractivity contribution in [3.63, 3.8) is 0 Å². The van der Waals surface area contributed by atoms with Gasteiger partial charge in [0, 0.05) is 18.3 Å². The zero-order valence-corrected chi connectivity index (χ0v) is 16.2. The number of hydrogen-bond acceptors (Lipinski definition) is 5. The first-order chi connectivity index (χ1) is 12.1. The molecule has 0 spiro atoms. The average molecular weight is 378 g/mol. The maximum atomic E-state index is 13.0. The quantitative estimate of drug-likeness (QED) is 0.615. The molecule has 0 aliphatic heterocycles. The molecule has 8 heteroatoms. The number of methoxy groups -OCH3 is 1. The van der Waals surface area contributed by atoms with Crippen LogP contribution in [0, 0.1) is 13.8 Å². The van der Waals surface area contributed by atoms with E-state index in [1.165, 1.54) is 33.2 Å². The first kappa shape index (κ1) is 19.9. The number of carbonyl (C=O) groups is 2. The Balaban J connectivity index is 2.39. The zero-order valence-electron chi connectivity index (χ0n) is 15.4. The van der Waals surface area contributed by atoms with E-state index in [2.05, 4.69) is 4.98 Å². The molecule has 0 aliphatic carbocycles. The summed E-state index contributed by atoms with van der Waals surface area (Å²) in [5, 5.41) is 0. The van der Waals surface area contributed by atoms with Crippen molar-refractivity contribution in [2.24, 2.45) is 0 Å². The average Bonchev–Trinajstić information content (AvgIpc) is 2.94. The number of carbonyl (C=O) groups excluding carboxylic acids is 2. The summed E-state index contributed by atoms with van der Waals surface area (Å²) in [6, 6.07) is 6.97. The number of Topliss-reactive ketones (excluding diaryl/α,β-unsaturated/α-hetero) is 1. The van der Waals surface area contributed by atoms with E-state index in [1.807, 2.05) is 0 Å². The second-order valence-electron chi connectivity index (χ2n) is 5.99. The van der Waals surface area contributed by atoms with E-state index in [0.29, 0.717) is 16.8 Å². The Kier molecular flexibility index (Phi) is 5.68. The molecule has 0 aliphatic rings. The third-order valence-corrected chi connectivity index (χ3v) is 6.36. The van der Waals surface area contributed by atoms with Gasteiger partial charge in [0.15, 0.2) is 5.78 Å². The standard InChI is InChI=1S/C18H22N2O5S/c1-11-15(12(2)19-16(11)18(22)25-5)17(21)13(3)20(4)26(23,24)14-9-7-6-8-10-14/h6-10,13,19H,1-5H3. The number of ether oxygens (including phenoxy) is 1. The molecule has 0 saturated heterocycles. The molecule has 7 nitrogen and oxygen atoms in total. The fourth-order valence-corrected chi connectivity index (χ4v) is 4.11. The van der Waals surface area contributed by atoms with Gasteiger partial charge in [-0.2, -0.15) is 4.31 Å². The van der Waals surface area contributed by atoms with Crippen molar-refractivity contribution in [3.05, 3.63) is 52.8 Å². The lowest BCUT2D eigenvalue weighted by Gasteiger charge is -2.23. The summed E-state index contributed by atoms with van der Waals surface area (Å²) in [4.78, 5) is 27.7. The Labute approximate surface area is 153 Å². The Morgan fingerprint density at radius 1 is 1.15 bits per heavy atom. The summed E-state index contributed by atoms with van der Waals surface area (Å²) in [5.41, 5.74) is 1.42. The number of sulfonamides is 1. The van der Waals surface area contributed by atoms with Crippen molar-refractivity contribution in [1.29, 1.82) is 0 Å². The lowest BCUT2D eigenvalue weighted by atomic mass is 10.0. The second-order valence-corrected chi connectivity index (χ2v) is 7.99. The Morgan fingerprint density at radius 3 is 2.27 bits per heavy atom. The van der Waals surface area contributed by atoms with Crippen LogP contribution < -0.4 is 0 Å². The summed E-state index contributed by atoms with van der Waals surface area (Å²) < 4.78 is 31.2. The van der Waals surface area contributed by atoms with Gasteiger partial charge in [-0.15, -0.1) is 0 Å². The monoisotopic (exact) mass is 378 g/mol. The molecular formula is C18H22N2O5S. The first-order valence-corrected chi connectivity index (χ1v) is 9.41. The van der Waals surface area contributed by atoms with Crippen LogP contribution >= 0.6 is 0 Å². The van der Waals surface area contributed by atoms with Crippen molar-refractivity contribution in [2.45, 2.75) is 31.7 Å². The summed E-state index contributed by atoms with van der Waals surface area (Å²) in [7, 11) is -1.20. The largest absolute Gasteiger partial charge is 0.464 e. The van der Waals surface area contributed by atoms with Gasteiger partial charge < -0.3 is 9.72 Å². The maximum Gasteiger partial charge on any atom is 0.354 e. The minimum atomic E-state index is -3.82. The normalized spacial score (nSPS) is 12.8. The number of aromatic nitrogens is 1. The molecule has 26 heavy (non-hydrogen) atoms. The molecule has 1 aromatic heterocycles. The number of aryl methyl sites for hydroxylation is 1. The Bertz CT molecular complexity index is 932. The number of rotatable bonds is 6. The molecule has 1 atom stereocenters. The molecule has 0 fully saturated rings. The van der Waals surface area contributed by atoms with Gasteiger partial charge in [0.2, 0.25) is 10.0 Å². The van der Waals surface area contributed by atoms with Gasteiger partial charge in [-0.25, -0.2) is 13.2 Å². The van der Waals surface area contributed by atoms with Crippen LogP contribution in [0.2, 0.25) is 0 Å². The number of hydrogen-bond donors (Lipinski definition) is 1. The fourth-order valence-electron chi connectivity index (χ4n) is 2.77. The minimum absolute atomic E-state index is 0.111. The van der Waals surface area contributed by atoms with Crippen LogP contribution in [0.25, 0.3) is 0 Å². The first-order valence-electron chi connectivity index (χ1n) is 7.97. The lowest BCUT2D eigenvalue weighted by molar-refractivity contribution is 0.0594. The van der Waals surface area contributed by atoms with E-state index in [1.54, 1.807) is 32.0 Å². The number of esters is 1. The van der Waals surface area contributed by atoms with E-state index in [9.17, 15) is 18.0 Å². The fraction of sp³-hybridized carbons (Fsp3) is 0.333. The molecule has 1 aromatic carbocycles. The minimum Gasteiger partial charge on any atom is -0.464 e. The molecule has 1 heterocycles. The molecule has 1 unspecified atom stereocenters. The number of benzene rings is 1. The van der Waals surface area contributed by atoms with Crippen LogP contribution in [-0.2, 0) is 14.8 Å². The number of H-pyrrole nitrogens is 1. The topological polar surface area (TPSA) is 96.5 Å². The Morgan fingerprint density at radius 2 is 1.73 bits per heavy atom. The zero-order chi connectivity index (χ0) is 19.6. The van der Waals surface area contributed by atoms with Crippen molar-refractivity contribution >= 4 is 21.8 Å². The highest BCUT2D eigenvalue weighted by molar-refractivity contribution is 7.89. The third-order valence-electron chi connectivity index (χ3n) is 4.42. The van der Waals surface area contributed by atoms with Gasteiger partial charge in [0.25, 0.3) is 0 Å². The number of likely N-dealkylation sites (N-methyl/N-ethyl adjacent to an activating group) is 1.